The van der Waals surface area contributed by atoms with E-state index in [0.717, 1.165) is 5.69 Å². The van der Waals surface area contributed by atoms with Crippen molar-refractivity contribution in [1.29, 1.82) is 0 Å². The average Bonchev–Trinajstić information content (AvgIpc) is 2.27. The Hall–Kier alpha value is -1.61. The molecule has 0 saturated carbocycles. The van der Waals surface area contributed by atoms with Crippen molar-refractivity contribution in [1.82, 2.24) is 4.98 Å². The van der Waals surface area contributed by atoms with Crippen molar-refractivity contribution in [2.75, 3.05) is 5.32 Å². The number of aromatic nitrogens is 1. The molecule has 0 unspecified atom stereocenters. The van der Waals surface area contributed by atoms with Gasteiger partial charge in [-0.05, 0) is 19.1 Å². The molecule has 0 saturated heterocycles. The highest BCUT2D eigenvalue weighted by atomic mass is 35.5. The summed E-state index contributed by atoms with van der Waals surface area (Å²) in [4.78, 5) is 3.72. The van der Waals surface area contributed by atoms with E-state index in [2.05, 4.69) is 10.3 Å². The van der Waals surface area contributed by atoms with Gasteiger partial charge in [-0.2, -0.15) is 0 Å². The number of hydrogen-bond acceptors (Lipinski definition) is 2. The van der Waals surface area contributed by atoms with Crippen molar-refractivity contribution in [3.8, 4) is 0 Å². The lowest BCUT2D eigenvalue weighted by Gasteiger charge is -2.06. The van der Waals surface area contributed by atoms with E-state index in [-0.39, 0.29) is 5.15 Å². The third-order valence-electron chi connectivity index (χ3n) is 2.14. The molecule has 0 bridgehead atoms. The van der Waals surface area contributed by atoms with Crippen LogP contribution in [0.5, 0.6) is 0 Å². The molecule has 0 aliphatic rings. The molecule has 1 N–H and O–H groups in total. The number of benzene rings is 1. The third kappa shape index (κ3) is 2.49. The lowest BCUT2D eigenvalue weighted by molar-refractivity contribution is 0.622. The van der Waals surface area contributed by atoms with Crippen LogP contribution in [0.1, 0.15) is 5.56 Å². The zero-order valence-corrected chi connectivity index (χ0v) is 9.42. The first-order valence-electron chi connectivity index (χ1n) is 4.80. The fourth-order valence-corrected chi connectivity index (χ4v) is 1.40. The van der Waals surface area contributed by atoms with Crippen LogP contribution in [0.3, 0.4) is 0 Å². The molecular formula is C12H10ClFN2. The van der Waals surface area contributed by atoms with Crippen molar-refractivity contribution in [2.45, 2.75) is 6.92 Å². The Kier molecular flexibility index (Phi) is 3.06. The van der Waals surface area contributed by atoms with Gasteiger partial charge in [0, 0.05) is 11.8 Å². The van der Waals surface area contributed by atoms with E-state index in [9.17, 15) is 4.39 Å². The van der Waals surface area contributed by atoms with E-state index in [0.29, 0.717) is 5.69 Å². The van der Waals surface area contributed by atoms with Gasteiger partial charge in [0.2, 0.25) is 0 Å². The van der Waals surface area contributed by atoms with Gasteiger partial charge in [-0.15, -0.1) is 0 Å². The maximum Gasteiger partial charge on any atom is 0.164 e. The van der Waals surface area contributed by atoms with Crippen molar-refractivity contribution < 1.29 is 4.39 Å². The molecule has 0 radical (unpaired) electrons. The minimum absolute atomic E-state index is 0.116. The monoisotopic (exact) mass is 236 g/mol. The Balaban J connectivity index is 2.20. The Labute approximate surface area is 98.1 Å². The number of halogens is 2. The first-order chi connectivity index (χ1) is 7.65. The molecule has 4 heteroatoms. The second kappa shape index (κ2) is 4.49. The molecule has 0 amide bonds. The largest absolute Gasteiger partial charge is 0.354 e. The first-order valence-corrected chi connectivity index (χ1v) is 5.18. The van der Waals surface area contributed by atoms with E-state index >= 15 is 0 Å². The molecule has 2 nitrogen and oxygen atoms in total. The summed E-state index contributed by atoms with van der Waals surface area (Å²) in [7, 11) is 0. The highest BCUT2D eigenvalue weighted by molar-refractivity contribution is 6.29. The van der Waals surface area contributed by atoms with Gasteiger partial charge in [-0.3, -0.25) is 0 Å². The van der Waals surface area contributed by atoms with Gasteiger partial charge in [0.15, 0.2) is 11.0 Å². The van der Waals surface area contributed by atoms with E-state index in [1.54, 1.807) is 0 Å². The Morgan fingerprint density at radius 1 is 1.19 bits per heavy atom. The van der Waals surface area contributed by atoms with Gasteiger partial charge in [0.1, 0.15) is 0 Å². The van der Waals surface area contributed by atoms with E-state index in [1.807, 2.05) is 31.2 Å². The van der Waals surface area contributed by atoms with Crippen LogP contribution in [0.2, 0.25) is 5.15 Å². The normalized spacial score (nSPS) is 10.2. The second-order valence-electron chi connectivity index (χ2n) is 3.49. The van der Waals surface area contributed by atoms with E-state index < -0.39 is 5.82 Å². The molecule has 0 aliphatic heterocycles. The molecule has 0 fully saturated rings. The standard InChI is InChI=1S/C12H10ClFN2/c1-8-2-4-9(5-3-8)16-10-6-11(14)12(13)15-7-10/h2-7,16H,1H3. The maximum absolute atomic E-state index is 13.1. The summed E-state index contributed by atoms with van der Waals surface area (Å²) in [5.41, 5.74) is 2.63. The maximum atomic E-state index is 13.1. The summed E-state index contributed by atoms with van der Waals surface area (Å²) >= 11 is 5.49. The van der Waals surface area contributed by atoms with Crippen LogP contribution >= 0.6 is 11.6 Å². The first kappa shape index (κ1) is 10.9. The van der Waals surface area contributed by atoms with Crippen LogP contribution in [0.25, 0.3) is 0 Å². The SMILES string of the molecule is Cc1ccc(Nc2cnc(Cl)c(F)c2)cc1. The lowest BCUT2D eigenvalue weighted by atomic mass is 10.2. The molecule has 1 aromatic heterocycles. The van der Waals surface area contributed by atoms with Gasteiger partial charge < -0.3 is 5.32 Å². The number of hydrogen-bond donors (Lipinski definition) is 1. The fraction of sp³-hybridized carbons (Fsp3) is 0.0833. The molecule has 2 rings (SSSR count). The summed E-state index contributed by atoms with van der Waals surface area (Å²) in [5, 5.41) is 2.92. The summed E-state index contributed by atoms with van der Waals surface area (Å²) in [6, 6.07) is 9.10. The summed E-state index contributed by atoms with van der Waals surface area (Å²) < 4.78 is 13.1. The average molecular weight is 237 g/mol. The summed E-state index contributed by atoms with van der Waals surface area (Å²) in [6.07, 6.45) is 1.49. The van der Waals surface area contributed by atoms with Crippen molar-refractivity contribution in [3.05, 3.63) is 53.1 Å². The van der Waals surface area contributed by atoms with Gasteiger partial charge in [-0.25, -0.2) is 9.37 Å². The van der Waals surface area contributed by atoms with Crippen molar-refractivity contribution in [3.63, 3.8) is 0 Å². The third-order valence-corrected chi connectivity index (χ3v) is 2.41. The predicted molar refractivity (Wildman–Crippen MR) is 63.7 cm³/mol. The minimum Gasteiger partial charge on any atom is -0.354 e. The van der Waals surface area contributed by atoms with Crippen LogP contribution in [-0.4, -0.2) is 4.98 Å². The van der Waals surface area contributed by atoms with Crippen LogP contribution in [-0.2, 0) is 0 Å². The number of nitrogens with zero attached hydrogens (tertiary/aromatic N) is 1. The topological polar surface area (TPSA) is 24.9 Å². The Morgan fingerprint density at radius 2 is 1.88 bits per heavy atom. The minimum atomic E-state index is -0.529. The molecule has 82 valence electrons. The lowest BCUT2D eigenvalue weighted by Crippen LogP contribution is -1.93. The summed E-state index contributed by atoms with van der Waals surface area (Å²) in [6.45, 7) is 2.01. The molecule has 1 heterocycles. The molecule has 0 aliphatic carbocycles. The van der Waals surface area contributed by atoms with Crippen LogP contribution in [0, 0.1) is 12.7 Å². The van der Waals surface area contributed by atoms with Crippen LogP contribution < -0.4 is 5.32 Å². The van der Waals surface area contributed by atoms with Crippen LogP contribution in [0.15, 0.2) is 36.5 Å². The molecule has 0 atom stereocenters. The molecule has 1 aromatic carbocycles. The van der Waals surface area contributed by atoms with Gasteiger partial charge in [-0.1, -0.05) is 29.3 Å². The number of rotatable bonds is 2. The zero-order chi connectivity index (χ0) is 11.5. The molecule has 16 heavy (non-hydrogen) atoms. The highest BCUT2D eigenvalue weighted by Gasteiger charge is 2.02. The Bertz CT molecular complexity index is 497. The van der Waals surface area contributed by atoms with Crippen LogP contribution in [0.4, 0.5) is 15.8 Å². The smallest absolute Gasteiger partial charge is 0.164 e. The van der Waals surface area contributed by atoms with Gasteiger partial charge >= 0.3 is 0 Å². The van der Waals surface area contributed by atoms with E-state index in [4.69, 9.17) is 11.6 Å². The van der Waals surface area contributed by atoms with Gasteiger partial charge in [0.05, 0.1) is 11.9 Å². The second-order valence-corrected chi connectivity index (χ2v) is 3.85. The molecule has 0 spiro atoms. The quantitative estimate of drug-likeness (QED) is 0.800. The van der Waals surface area contributed by atoms with E-state index in [1.165, 1.54) is 17.8 Å². The number of aryl methyl sites for hydroxylation is 1. The van der Waals surface area contributed by atoms with Crippen molar-refractivity contribution in [2.24, 2.45) is 0 Å². The van der Waals surface area contributed by atoms with Crippen molar-refractivity contribution >= 4 is 23.0 Å². The highest BCUT2D eigenvalue weighted by Crippen LogP contribution is 2.19. The zero-order valence-electron chi connectivity index (χ0n) is 8.67. The Morgan fingerprint density at radius 3 is 2.50 bits per heavy atom. The predicted octanol–water partition coefficient (Wildman–Crippen LogP) is 3.93. The molecule has 2 aromatic rings. The number of anilines is 2. The fourth-order valence-electron chi connectivity index (χ4n) is 1.29. The summed E-state index contributed by atoms with van der Waals surface area (Å²) in [5.74, 6) is -0.529. The number of nitrogens with one attached hydrogen (secondary N) is 1. The number of pyridine rings is 1. The van der Waals surface area contributed by atoms with Gasteiger partial charge in [0.25, 0.3) is 0 Å². The molecular weight excluding hydrogens is 227 g/mol.